The second-order valence-corrected chi connectivity index (χ2v) is 5.15. The summed E-state index contributed by atoms with van der Waals surface area (Å²) in [5, 5.41) is 12.3. The van der Waals surface area contributed by atoms with Gasteiger partial charge in [0.15, 0.2) is 0 Å². The molecule has 0 aliphatic heterocycles. The third kappa shape index (κ3) is 9.53. The molecule has 0 amide bonds. The lowest BCUT2D eigenvalue weighted by molar-refractivity contribution is 0.0340. The van der Waals surface area contributed by atoms with E-state index in [9.17, 15) is 5.11 Å². The summed E-state index contributed by atoms with van der Waals surface area (Å²) in [6, 6.07) is 0. The minimum absolute atomic E-state index is 0.154. The van der Waals surface area contributed by atoms with E-state index >= 15 is 0 Å². The molecule has 1 atom stereocenters. The van der Waals surface area contributed by atoms with Crippen LogP contribution in [0, 0.1) is 5.92 Å². The van der Waals surface area contributed by atoms with Crippen LogP contribution in [-0.4, -0.2) is 50.7 Å². The maximum absolute atomic E-state index is 9.19. The molecule has 2 N–H and O–H groups in total. The molecule has 104 valence electrons. The standard InChI is InChI=1S/C13H29NO3/c1-12(2)10-17-9-8-16-7-5-6-13(3,11-15)14-4/h12,14-15H,5-11H2,1-4H3. The second kappa shape index (κ2) is 9.83. The fraction of sp³-hybridized carbons (Fsp3) is 1.00. The van der Waals surface area contributed by atoms with E-state index in [1.807, 2.05) is 14.0 Å². The Morgan fingerprint density at radius 1 is 1.18 bits per heavy atom. The van der Waals surface area contributed by atoms with Gasteiger partial charge in [-0.1, -0.05) is 13.8 Å². The monoisotopic (exact) mass is 247 g/mol. The number of likely N-dealkylation sites (N-methyl/N-ethyl adjacent to an activating group) is 1. The van der Waals surface area contributed by atoms with E-state index in [0.717, 1.165) is 26.1 Å². The van der Waals surface area contributed by atoms with Crippen LogP contribution >= 0.6 is 0 Å². The molecule has 0 bridgehead atoms. The molecule has 17 heavy (non-hydrogen) atoms. The van der Waals surface area contributed by atoms with Crippen molar-refractivity contribution in [2.24, 2.45) is 5.92 Å². The molecular weight excluding hydrogens is 218 g/mol. The maximum Gasteiger partial charge on any atom is 0.0700 e. The molecule has 0 aromatic heterocycles. The molecule has 0 heterocycles. The second-order valence-electron chi connectivity index (χ2n) is 5.15. The lowest BCUT2D eigenvalue weighted by Gasteiger charge is -2.26. The Morgan fingerprint density at radius 2 is 1.82 bits per heavy atom. The van der Waals surface area contributed by atoms with E-state index in [2.05, 4.69) is 19.2 Å². The maximum atomic E-state index is 9.19. The highest BCUT2D eigenvalue weighted by molar-refractivity contribution is 4.79. The largest absolute Gasteiger partial charge is 0.394 e. The molecule has 0 aliphatic rings. The molecule has 0 spiro atoms. The Hall–Kier alpha value is -0.160. The van der Waals surface area contributed by atoms with Crippen LogP contribution in [0.3, 0.4) is 0 Å². The van der Waals surface area contributed by atoms with Crippen molar-refractivity contribution >= 4 is 0 Å². The zero-order valence-electron chi connectivity index (χ0n) is 11.8. The predicted molar refractivity (Wildman–Crippen MR) is 70.3 cm³/mol. The lowest BCUT2D eigenvalue weighted by atomic mass is 9.97. The summed E-state index contributed by atoms with van der Waals surface area (Å²) in [4.78, 5) is 0. The first-order valence-corrected chi connectivity index (χ1v) is 6.49. The topological polar surface area (TPSA) is 50.7 Å². The Kier molecular flexibility index (Phi) is 9.74. The van der Waals surface area contributed by atoms with Crippen molar-refractivity contribution in [2.45, 2.75) is 39.2 Å². The van der Waals surface area contributed by atoms with Crippen LogP contribution in [0.25, 0.3) is 0 Å². The molecule has 4 heteroatoms. The number of rotatable bonds is 11. The molecule has 0 fully saturated rings. The van der Waals surface area contributed by atoms with Crippen LogP contribution in [-0.2, 0) is 9.47 Å². The number of nitrogens with one attached hydrogen (secondary N) is 1. The number of aliphatic hydroxyl groups is 1. The first-order valence-electron chi connectivity index (χ1n) is 6.49. The Balaban J connectivity index is 3.29. The summed E-state index contributed by atoms with van der Waals surface area (Å²) in [6.07, 6.45) is 1.86. The lowest BCUT2D eigenvalue weighted by Crippen LogP contribution is -2.43. The van der Waals surface area contributed by atoms with Gasteiger partial charge >= 0.3 is 0 Å². The van der Waals surface area contributed by atoms with E-state index < -0.39 is 0 Å². The quantitative estimate of drug-likeness (QED) is 0.542. The summed E-state index contributed by atoms with van der Waals surface area (Å²) in [7, 11) is 1.87. The molecule has 0 aromatic rings. The van der Waals surface area contributed by atoms with Gasteiger partial charge in [0.1, 0.15) is 0 Å². The van der Waals surface area contributed by atoms with Gasteiger partial charge < -0.3 is 19.9 Å². The van der Waals surface area contributed by atoms with Crippen LogP contribution in [0.15, 0.2) is 0 Å². The highest BCUT2D eigenvalue weighted by atomic mass is 16.5. The summed E-state index contributed by atoms with van der Waals surface area (Å²) in [6.45, 7) is 9.28. The zero-order valence-corrected chi connectivity index (χ0v) is 11.8. The smallest absolute Gasteiger partial charge is 0.0700 e. The average molecular weight is 247 g/mol. The zero-order chi connectivity index (χ0) is 13.1. The van der Waals surface area contributed by atoms with Gasteiger partial charge in [-0.05, 0) is 32.7 Å². The van der Waals surface area contributed by atoms with Crippen molar-refractivity contribution in [1.82, 2.24) is 5.32 Å². The summed E-state index contributed by atoms with van der Waals surface area (Å²) in [5.74, 6) is 0.580. The van der Waals surface area contributed by atoms with E-state index in [4.69, 9.17) is 9.47 Å². The fourth-order valence-corrected chi connectivity index (χ4v) is 1.39. The van der Waals surface area contributed by atoms with E-state index in [1.54, 1.807) is 0 Å². The van der Waals surface area contributed by atoms with Gasteiger partial charge in [-0.3, -0.25) is 0 Å². The minimum atomic E-state index is -0.183. The van der Waals surface area contributed by atoms with Crippen molar-refractivity contribution < 1.29 is 14.6 Å². The van der Waals surface area contributed by atoms with Gasteiger partial charge in [0.05, 0.1) is 19.8 Å². The Bertz CT molecular complexity index is 170. The van der Waals surface area contributed by atoms with Crippen LogP contribution in [0.2, 0.25) is 0 Å². The normalized spacial score (nSPS) is 15.2. The van der Waals surface area contributed by atoms with Crippen LogP contribution < -0.4 is 5.32 Å². The van der Waals surface area contributed by atoms with Crippen molar-refractivity contribution in [3.63, 3.8) is 0 Å². The Morgan fingerprint density at radius 3 is 2.35 bits per heavy atom. The minimum Gasteiger partial charge on any atom is -0.394 e. The first kappa shape index (κ1) is 16.8. The molecule has 0 radical (unpaired) electrons. The number of ether oxygens (including phenoxy) is 2. The van der Waals surface area contributed by atoms with Gasteiger partial charge in [-0.25, -0.2) is 0 Å². The van der Waals surface area contributed by atoms with Crippen LogP contribution in [0.5, 0.6) is 0 Å². The van der Waals surface area contributed by atoms with E-state index in [0.29, 0.717) is 19.1 Å². The average Bonchev–Trinajstić information content (AvgIpc) is 2.32. The number of hydrogen-bond acceptors (Lipinski definition) is 4. The number of hydrogen-bond donors (Lipinski definition) is 2. The molecule has 0 aromatic carbocycles. The molecule has 0 rings (SSSR count). The van der Waals surface area contributed by atoms with E-state index in [1.165, 1.54) is 0 Å². The van der Waals surface area contributed by atoms with Gasteiger partial charge in [0, 0.05) is 18.8 Å². The van der Waals surface area contributed by atoms with Crippen molar-refractivity contribution in [1.29, 1.82) is 0 Å². The predicted octanol–water partition coefficient (Wildman–Crippen LogP) is 1.43. The van der Waals surface area contributed by atoms with E-state index in [-0.39, 0.29) is 12.1 Å². The van der Waals surface area contributed by atoms with Gasteiger partial charge in [0.25, 0.3) is 0 Å². The number of aliphatic hydroxyl groups excluding tert-OH is 1. The van der Waals surface area contributed by atoms with Crippen LogP contribution in [0.1, 0.15) is 33.6 Å². The molecule has 0 aliphatic carbocycles. The third-order valence-electron chi connectivity index (χ3n) is 2.79. The Labute approximate surface area is 106 Å². The summed E-state index contributed by atoms with van der Waals surface area (Å²) < 4.78 is 10.9. The van der Waals surface area contributed by atoms with Crippen molar-refractivity contribution in [2.75, 3.05) is 40.1 Å². The van der Waals surface area contributed by atoms with Crippen LogP contribution in [0.4, 0.5) is 0 Å². The highest BCUT2D eigenvalue weighted by Gasteiger charge is 2.19. The van der Waals surface area contributed by atoms with Gasteiger partial charge in [0.2, 0.25) is 0 Å². The van der Waals surface area contributed by atoms with Gasteiger partial charge in [-0.2, -0.15) is 0 Å². The molecular formula is C13H29NO3. The summed E-state index contributed by atoms with van der Waals surface area (Å²) >= 11 is 0. The highest BCUT2D eigenvalue weighted by Crippen LogP contribution is 2.10. The first-order chi connectivity index (χ1) is 8.04. The summed E-state index contributed by atoms with van der Waals surface area (Å²) in [5.41, 5.74) is -0.183. The third-order valence-corrected chi connectivity index (χ3v) is 2.79. The SMILES string of the molecule is CNC(C)(CO)CCCOCCOCC(C)C. The molecule has 1 unspecified atom stereocenters. The van der Waals surface area contributed by atoms with Gasteiger partial charge in [-0.15, -0.1) is 0 Å². The molecule has 0 saturated heterocycles. The fourth-order valence-electron chi connectivity index (χ4n) is 1.39. The van der Waals surface area contributed by atoms with Crippen molar-refractivity contribution in [3.05, 3.63) is 0 Å². The molecule has 0 saturated carbocycles. The molecule has 4 nitrogen and oxygen atoms in total. The van der Waals surface area contributed by atoms with Crippen molar-refractivity contribution in [3.8, 4) is 0 Å².